The van der Waals surface area contributed by atoms with Crippen molar-refractivity contribution < 1.29 is 14.2 Å². The van der Waals surface area contributed by atoms with Gasteiger partial charge in [-0.1, -0.05) is 23.5 Å². The molecule has 0 bridgehead atoms. The number of hydrogen-bond donors (Lipinski definition) is 0. The molecule has 0 saturated heterocycles. The molecule has 148 valence electrons. The predicted molar refractivity (Wildman–Crippen MR) is 118 cm³/mol. The maximum Gasteiger partial charge on any atom is 0.209 e. The van der Waals surface area contributed by atoms with Gasteiger partial charge >= 0.3 is 0 Å². The molecule has 0 amide bonds. The monoisotopic (exact) mass is 416 g/mol. The van der Waals surface area contributed by atoms with Gasteiger partial charge in [0.1, 0.15) is 0 Å². The number of aliphatic imine (C=N–C) groups is 1. The molecule has 0 saturated carbocycles. The Hall–Kier alpha value is -2.09. The minimum Gasteiger partial charge on any atom is -0.493 e. The summed E-state index contributed by atoms with van der Waals surface area (Å²) >= 11 is 3.27. The smallest absolute Gasteiger partial charge is 0.209 e. The number of fused-ring (bicyclic) bond motifs is 1. The number of nitrogens with zero attached hydrogens (tertiary/aromatic N) is 2. The Morgan fingerprint density at radius 2 is 1.82 bits per heavy atom. The number of hydrogen-bond acceptors (Lipinski definition) is 7. The molecule has 3 aromatic rings. The molecule has 0 aliphatic rings. The van der Waals surface area contributed by atoms with Gasteiger partial charge in [0.05, 0.1) is 24.4 Å². The van der Waals surface area contributed by atoms with Gasteiger partial charge in [-0.3, -0.25) is 0 Å². The molecule has 28 heavy (non-hydrogen) atoms. The fourth-order valence-electron chi connectivity index (χ4n) is 2.88. The van der Waals surface area contributed by atoms with Crippen molar-refractivity contribution in [2.75, 3.05) is 34.2 Å². The molecule has 0 N–H and O–H groups in total. The molecule has 1 aromatic heterocycles. The second-order valence-electron chi connectivity index (χ2n) is 6.11. The molecule has 0 aliphatic carbocycles. The summed E-state index contributed by atoms with van der Waals surface area (Å²) < 4.78 is 17.0. The summed E-state index contributed by atoms with van der Waals surface area (Å²) in [5.41, 5.74) is 2.08. The molecule has 0 aliphatic heterocycles. The van der Waals surface area contributed by atoms with E-state index in [1.165, 1.54) is 21.8 Å². The minimum absolute atomic E-state index is 0.173. The Morgan fingerprint density at radius 1 is 1.11 bits per heavy atom. The van der Waals surface area contributed by atoms with Crippen molar-refractivity contribution in [2.24, 2.45) is 4.99 Å². The van der Waals surface area contributed by atoms with Crippen molar-refractivity contribution >= 4 is 44.7 Å². The number of benzene rings is 2. The first-order valence-electron chi connectivity index (χ1n) is 8.88. The highest BCUT2D eigenvalue weighted by atomic mass is 32.2. The molecule has 0 spiro atoms. The fraction of sp³-hybridized carbons (Fsp3) is 0.333. The van der Waals surface area contributed by atoms with Crippen LogP contribution in [-0.2, 0) is 4.74 Å². The summed E-state index contributed by atoms with van der Waals surface area (Å²) in [5.74, 6) is 1.54. The van der Waals surface area contributed by atoms with Crippen molar-refractivity contribution in [3.8, 4) is 11.5 Å². The molecule has 7 heteroatoms. The molecule has 5 nitrogen and oxygen atoms in total. The van der Waals surface area contributed by atoms with Crippen molar-refractivity contribution in [3.63, 3.8) is 0 Å². The van der Waals surface area contributed by atoms with E-state index in [0.717, 1.165) is 16.6 Å². The zero-order chi connectivity index (χ0) is 19.9. The largest absolute Gasteiger partial charge is 0.493 e. The number of thioether (sulfide) groups is 1. The van der Waals surface area contributed by atoms with Gasteiger partial charge in [-0.05, 0) is 30.4 Å². The third-order valence-corrected chi connectivity index (χ3v) is 6.09. The standard InChI is InChI=1S/C21H24N2O3S2/c1-24-10-9-15(14-5-7-16(27-4)8-6-14)13-22-21-23-17-11-18(25-2)19(26-3)12-20(17)28-21/h5-8,11-13,15H,9-10H2,1-4H3/b22-13+. The number of aromatic nitrogens is 1. The normalized spacial score (nSPS) is 12.6. The first-order valence-corrected chi connectivity index (χ1v) is 10.9. The number of thiazole rings is 1. The van der Waals surface area contributed by atoms with Gasteiger partial charge < -0.3 is 14.2 Å². The molecule has 1 unspecified atom stereocenters. The van der Waals surface area contributed by atoms with Crippen molar-refractivity contribution in [3.05, 3.63) is 42.0 Å². The van der Waals surface area contributed by atoms with Crippen LogP contribution >= 0.6 is 23.1 Å². The molecule has 2 aromatic carbocycles. The maximum absolute atomic E-state index is 5.37. The van der Waals surface area contributed by atoms with Crippen LogP contribution in [0.1, 0.15) is 17.9 Å². The highest BCUT2D eigenvalue weighted by Gasteiger charge is 2.12. The van der Waals surface area contributed by atoms with Gasteiger partial charge in [0.25, 0.3) is 0 Å². The van der Waals surface area contributed by atoms with Gasteiger partial charge in [-0.2, -0.15) is 0 Å². The Labute approximate surface area is 173 Å². The average Bonchev–Trinajstić information content (AvgIpc) is 3.14. The molecule has 0 radical (unpaired) electrons. The summed E-state index contributed by atoms with van der Waals surface area (Å²) in [6.07, 6.45) is 4.92. The van der Waals surface area contributed by atoms with E-state index in [1.807, 2.05) is 18.3 Å². The summed E-state index contributed by atoms with van der Waals surface area (Å²) in [5, 5.41) is 0.716. The zero-order valence-electron chi connectivity index (χ0n) is 16.5. The third-order valence-electron chi connectivity index (χ3n) is 4.42. The second-order valence-corrected chi connectivity index (χ2v) is 8.00. The Morgan fingerprint density at radius 3 is 2.46 bits per heavy atom. The lowest BCUT2D eigenvalue weighted by molar-refractivity contribution is 0.193. The first kappa shape index (κ1) is 20.6. The number of rotatable bonds is 9. The summed E-state index contributed by atoms with van der Waals surface area (Å²) in [6.45, 7) is 0.676. The summed E-state index contributed by atoms with van der Waals surface area (Å²) in [7, 11) is 4.98. The zero-order valence-corrected chi connectivity index (χ0v) is 18.1. The van der Waals surface area contributed by atoms with Crippen LogP contribution in [0.5, 0.6) is 11.5 Å². The topological polar surface area (TPSA) is 52.9 Å². The van der Waals surface area contributed by atoms with Gasteiger partial charge in [-0.15, -0.1) is 11.8 Å². The van der Waals surface area contributed by atoms with E-state index in [1.54, 1.807) is 33.1 Å². The highest BCUT2D eigenvalue weighted by Crippen LogP contribution is 2.37. The molecule has 3 rings (SSSR count). The highest BCUT2D eigenvalue weighted by molar-refractivity contribution is 7.98. The van der Waals surface area contributed by atoms with Crippen LogP contribution in [0.3, 0.4) is 0 Å². The lowest BCUT2D eigenvalue weighted by Crippen LogP contribution is -2.04. The second kappa shape index (κ2) is 9.91. The quantitative estimate of drug-likeness (QED) is 0.338. The maximum atomic E-state index is 5.37. The van der Waals surface area contributed by atoms with Gasteiger partial charge in [-0.25, -0.2) is 9.98 Å². The van der Waals surface area contributed by atoms with E-state index in [9.17, 15) is 0 Å². The van der Waals surface area contributed by atoms with E-state index < -0.39 is 0 Å². The number of methoxy groups -OCH3 is 3. The van der Waals surface area contributed by atoms with Crippen molar-refractivity contribution in [1.82, 2.24) is 4.98 Å². The van der Waals surface area contributed by atoms with Crippen LogP contribution in [0, 0.1) is 0 Å². The summed E-state index contributed by atoms with van der Waals surface area (Å²) in [4.78, 5) is 10.5. The Kier molecular flexibility index (Phi) is 7.30. The molecule has 0 fully saturated rings. The van der Waals surface area contributed by atoms with Crippen molar-refractivity contribution in [1.29, 1.82) is 0 Å². The first-order chi connectivity index (χ1) is 13.7. The average molecular weight is 417 g/mol. The van der Waals surface area contributed by atoms with Crippen LogP contribution in [0.25, 0.3) is 10.2 Å². The van der Waals surface area contributed by atoms with E-state index in [2.05, 4.69) is 40.5 Å². The van der Waals surface area contributed by atoms with E-state index >= 15 is 0 Å². The third kappa shape index (κ3) is 4.84. The molecule has 1 atom stereocenters. The fourth-order valence-corrected chi connectivity index (χ4v) is 4.11. The van der Waals surface area contributed by atoms with E-state index in [-0.39, 0.29) is 5.92 Å². The van der Waals surface area contributed by atoms with E-state index in [0.29, 0.717) is 23.2 Å². The lowest BCUT2D eigenvalue weighted by atomic mass is 9.97. The molecular weight excluding hydrogens is 392 g/mol. The van der Waals surface area contributed by atoms with Gasteiger partial charge in [0.2, 0.25) is 5.13 Å². The van der Waals surface area contributed by atoms with Crippen LogP contribution in [-0.4, -0.2) is 45.4 Å². The Balaban J connectivity index is 1.86. The summed E-state index contributed by atoms with van der Waals surface area (Å²) in [6, 6.07) is 12.4. The van der Waals surface area contributed by atoms with Crippen LogP contribution in [0.15, 0.2) is 46.3 Å². The predicted octanol–water partition coefficient (Wildman–Crippen LogP) is 5.56. The minimum atomic E-state index is 0.173. The van der Waals surface area contributed by atoms with Crippen LogP contribution < -0.4 is 9.47 Å². The lowest BCUT2D eigenvalue weighted by Gasteiger charge is -2.12. The molecule has 1 heterocycles. The number of ether oxygens (including phenoxy) is 3. The Bertz CT molecular complexity index is 898. The van der Waals surface area contributed by atoms with Gasteiger partial charge in [0.15, 0.2) is 11.5 Å². The van der Waals surface area contributed by atoms with Crippen molar-refractivity contribution in [2.45, 2.75) is 17.2 Å². The van der Waals surface area contributed by atoms with E-state index in [4.69, 9.17) is 14.2 Å². The van der Waals surface area contributed by atoms with Crippen LogP contribution in [0.2, 0.25) is 0 Å². The SMILES string of the molecule is COCCC(/C=N/c1nc2cc(OC)c(OC)cc2s1)c1ccc(SC)cc1. The van der Waals surface area contributed by atoms with Crippen LogP contribution in [0.4, 0.5) is 5.13 Å². The molecular formula is C21H24N2O3S2. The van der Waals surface area contributed by atoms with Gasteiger partial charge in [0, 0.05) is 42.9 Å².